The summed E-state index contributed by atoms with van der Waals surface area (Å²) in [5.41, 5.74) is 1.33. The van der Waals surface area contributed by atoms with E-state index in [1.54, 1.807) is 0 Å². The lowest BCUT2D eigenvalue weighted by atomic mass is 10.1. The number of aliphatic imine (C=N–C) groups is 1. The molecule has 0 bridgehead atoms. The maximum absolute atomic E-state index is 4.38. The van der Waals surface area contributed by atoms with Crippen LogP contribution < -0.4 is 0 Å². The van der Waals surface area contributed by atoms with Crippen molar-refractivity contribution in [3.63, 3.8) is 0 Å². The van der Waals surface area contributed by atoms with Gasteiger partial charge in [0.1, 0.15) is 0 Å². The SMILES string of the molecule is CCCCCCCCC(C)=NCC. The fourth-order valence-electron chi connectivity index (χ4n) is 1.51. The topological polar surface area (TPSA) is 12.4 Å². The molecule has 78 valence electrons. The highest BCUT2D eigenvalue weighted by Crippen LogP contribution is 2.07. The van der Waals surface area contributed by atoms with Gasteiger partial charge in [0.25, 0.3) is 0 Å². The van der Waals surface area contributed by atoms with Gasteiger partial charge in [0.05, 0.1) is 0 Å². The number of hydrogen-bond donors (Lipinski definition) is 0. The molecule has 0 saturated heterocycles. The standard InChI is InChI=1S/C12H25N/c1-4-6-7-8-9-10-11-12(3)13-5-2/h4-11H2,1-3H3. The summed E-state index contributed by atoms with van der Waals surface area (Å²) in [4.78, 5) is 4.38. The van der Waals surface area contributed by atoms with Crippen LogP contribution in [0.2, 0.25) is 0 Å². The molecule has 1 heteroatoms. The molecule has 1 nitrogen and oxygen atoms in total. The van der Waals surface area contributed by atoms with Crippen LogP contribution in [0, 0.1) is 0 Å². The average molecular weight is 183 g/mol. The van der Waals surface area contributed by atoms with E-state index in [4.69, 9.17) is 0 Å². The fraction of sp³-hybridized carbons (Fsp3) is 0.917. The minimum absolute atomic E-state index is 0.946. The monoisotopic (exact) mass is 183 g/mol. The molecule has 0 aromatic heterocycles. The van der Waals surface area contributed by atoms with Crippen molar-refractivity contribution in [1.29, 1.82) is 0 Å². The Hall–Kier alpha value is -0.330. The molecule has 0 fully saturated rings. The van der Waals surface area contributed by atoms with E-state index >= 15 is 0 Å². The molecule has 0 atom stereocenters. The van der Waals surface area contributed by atoms with Crippen LogP contribution in [0.1, 0.15) is 65.7 Å². The molecule has 0 saturated carbocycles. The quantitative estimate of drug-likeness (QED) is 0.395. The van der Waals surface area contributed by atoms with E-state index in [-0.39, 0.29) is 0 Å². The molecule has 0 aromatic rings. The van der Waals surface area contributed by atoms with E-state index in [1.807, 2.05) is 0 Å². The van der Waals surface area contributed by atoms with Gasteiger partial charge in [0.2, 0.25) is 0 Å². The van der Waals surface area contributed by atoms with E-state index < -0.39 is 0 Å². The van der Waals surface area contributed by atoms with Crippen LogP contribution in [0.25, 0.3) is 0 Å². The zero-order valence-corrected chi connectivity index (χ0v) is 9.60. The Balaban J connectivity index is 3.11. The molecule has 0 amide bonds. The number of nitrogens with zero attached hydrogens (tertiary/aromatic N) is 1. The number of unbranched alkanes of at least 4 members (excludes halogenated alkanes) is 5. The molecule has 0 aliphatic heterocycles. The number of rotatable bonds is 8. The van der Waals surface area contributed by atoms with E-state index in [2.05, 4.69) is 25.8 Å². The lowest BCUT2D eigenvalue weighted by molar-refractivity contribution is 0.615. The number of hydrogen-bond acceptors (Lipinski definition) is 1. The molecule has 0 N–H and O–H groups in total. The third-order valence-corrected chi connectivity index (χ3v) is 2.32. The third kappa shape index (κ3) is 9.59. The zero-order chi connectivity index (χ0) is 9.94. The summed E-state index contributed by atoms with van der Waals surface area (Å²) < 4.78 is 0. The van der Waals surface area contributed by atoms with Gasteiger partial charge in [-0.05, 0) is 26.7 Å². The van der Waals surface area contributed by atoms with Crippen LogP contribution in [-0.2, 0) is 0 Å². The maximum Gasteiger partial charge on any atom is 0.0360 e. The van der Waals surface area contributed by atoms with Gasteiger partial charge in [0.15, 0.2) is 0 Å². The molecule has 0 radical (unpaired) electrons. The van der Waals surface area contributed by atoms with E-state index in [9.17, 15) is 0 Å². The van der Waals surface area contributed by atoms with Crippen LogP contribution in [-0.4, -0.2) is 12.3 Å². The smallest absolute Gasteiger partial charge is 0.0360 e. The van der Waals surface area contributed by atoms with Gasteiger partial charge in [0, 0.05) is 12.3 Å². The van der Waals surface area contributed by atoms with Crippen LogP contribution in [0.3, 0.4) is 0 Å². The van der Waals surface area contributed by atoms with Gasteiger partial charge in [-0.2, -0.15) is 0 Å². The van der Waals surface area contributed by atoms with Crippen LogP contribution in [0.15, 0.2) is 4.99 Å². The lowest BCUT2D eigenvalue weighted by Crippen LogP contribution is -1.92. The predicted octanol–water partition coefficient (Wildman–Crippen LogP) is 4.22. The van der Waals surface area contributed by atoms with E-state index in [0.717, 1.165) is 6.54 Å². The van der Waals surface area contributed by atoms with Crippen molar-refractivity contribution in [2.24, 2.45) is 4.99 Å². The first kappa shape index (κ1) is 12.7. The Bertz CT molecular complexity index is 127. The normalized spacial score (nSPS) is 12.1. The van der Waals surface area contributed by atoms with Gasteiger partial charge in [-0.25, -0.2) is 0 Å². The first-order chi connectivity index (χ1) is 6.31. The van der Waals surface area contributed by atoms with Gasteiger partial charge in [-0.1, -0.05) is 39.0 Å². The molecule has 0 rings (SSSR count). The molecule has 0 unspecified atom stereocenters. The van der Waals surface area contributed by atoms with Gasteiger partial charge < -0.3 is 0 Å². The highest BCUT2D eigenvalue weighted by Gasteiger charge is 1.92. The second-order valence-electron chi connectivity index (χ2n) is 3.73. The van der Waals surface area contributed by atoms with Crippen molar-refractivity contribution in [2.45, 2.75) is 65.7 Å². The summed E-state index contributed by atoms with van der Waals surface area (Å²) in [5.74, 6) is 0. The fourth-order valence-corrected chi connectivity index (χ4v) is 1.51. The van der Waals surface area contributed by atoms with Crippen molar-refractivity contribution >= 4 is 5.71 Å². The second-order valence-corrected chi connectivity index (χ2v) is 3.73. The minimum atomic E-state index is 0.946. The van der Waals surface area contributed by atoms with Crippen molar-refractivity contribution < 1.29 is 0 Å². The minimum Gasteiger partial charge on any atom is -0.295 e. The zero-order valence-electron chi connectivity index (χ0n) is 9.60. The summed E-state index contributed by atoms with van der Waals surface area (Å²) >= 11 is 0. The third-order valence-electron chi connectivity index (χ3n) is 2.32. The summed E-state index contributed by atoms with van der Waals surface area (Å²) in [6, 6.07) is 0. The van der Waals surface area contributed by atoms with Crippen molar-refractivity contribution in [1.82, 2.24) is 0 Å². The molecule has 0 aromatic carbocycles. The van der Waals surface area contributed by atoms with Gasteiger partial charge >= 0.3 is 0 Å². The van der Waals surface area contributed by atoms with Crippen LogP contribution in [0.4, 0.5) is 0 Å². The first-order valence-electron chi connectivity index (χ1n) is 5.81. The molecule has 0 aliphatic carbocycles. The highest BCUT2D eigenvalue weighted by atomic mass is 14.7. The highest BCUT2D eigenvalue weighted by molar-refractivity contribution is 5.81. The summed E-state index contributed by atoms with van der Waals surface area (Å²) in [7, 11) is 0. The maximum atomic E-state index is 4.38. The predicted molar refractivity (Wildman–Crippen MR) is 61.6 cm³/mol. The Labute approximate surface area is 83.6 Å². The molecular weight excluding hydrogens is 158 g/mol. The Morgan fingerprint density at radius 3 is 2.15 bits per heavy atom. The van der Waals surface area contributed by atoms with Crippen molar-refractivity contribution in [3.05, 3.63) is 0 Å². The van der Waals surface area contributed by atoms with Crippen molar-refractivity contribution in [2.75, 3.05) is 6.54 Å². The summed E-state index contributed by atoms with van der Waals surface area (Å²) in [6.07, 6.45) is 9.50. The Morgan fingerprint density at radius 2 is 1.54 bits per heavy atom. The molecule has 0 spiro atoms. The Morgan fingerprint density at radius 1 is 0.923 bits per heavy atom. The molecule has 0 heterocycles. The summed E-state index contributed by atoms with van der Waals surface area (Å²) in [6.45, 7) is 7.46. The van der Waals surface area contributed by atoms with Gasteiger partial charge in [-0.15, -0.1) is 0 Å². The largest absolute Gasteiger partial charge is 0.295 e. The Kier molecular flexibility index (Phi) is 9.51. The van der Waals surface area contributed by atoms with Crippen LogP contribution in [0.5, 0.6) is 0 Å². The van der Waals surface area contributed by atoms with E-state index in [1.165, 1.54) is 50.7 Å². The first-order valence-corrected chi connectivity index (χ1v) is 5.81. The molecule has 0 aliphatic rings. The van der Waals surface area contributed by atoms with Gasteiger partial charge in [-0.3, -0.25) is 4.99 Å². The molecular formula is C12H25N. The lowest BCUT2D eigenvalue weighted by Gasteiger charge is -2.00. The van der Waals surface area contributed by atoms with Crippen LogP contribution >= 0.6 is 0 Å². The average Bonchev–Trinajstić information content (AvgIpc) is 2.11. The summed E-state index contributed by atoms with van der Waals surface area (Å²) in [5, 5.41) is 0. The molecule has 13 heavy (non-hydrogen) atoms. The van der Waals surface area contributed by atoms with Crippen molar-refractivity contribution in [3.8, 4) is 0 Å². The second kappa shape index (κ2) is 9.76. The van der Waals surface area contributed by atoms with E-state index in [0.29, 0.717) is 0 Å².